The second kappa shape index (κ2) is 6.70. The number of ether oxygens (including phenoxy) is 1. The summed E-state index contributed by atoms with van der Waals surface area (Å²) in [5.74, 6) is -0.0920. The fraction of sp³-hybridized carbons (Fsp3) is 0.294. The Bertz CT molecular complexity index is 615. The third kappa shape index (κ3) is 3.23. The van der Waals surface area contributed by atoms with E-state index in [-0.39, 0.29) is 12.1 Å². The molecule has 0 saturated carbocycles. The summed E-state index contributed by atoms with van der Waals surface area (Å²) in [6.07, 6.45) is -0.997. The Morgan fingerprint density at radius 1 is 1.24 bits per heavy atom. The number of nitrogens with two attached hydrogens (primary N) is 1. The minimum Gasteiger partial charge on any atom is -0.496 e. The maximum atomic E-state index is 13.8. The van der Waals surface area contributed by atoms with E-state index in [1.165, 1.54) is 6.07 Å². The number of methoxy groups -OCH3 is 1. The molecule has 2 atom stereocenters. The molecule has 0 aliphatic rings. The third-order valence-electron chi connectivity index (χ3n) is 3.72. The number of hydrogen-bond donors (Lipinski definition) is 2. The molecule has 0 saturated heterocycles. The lowest BCUT2D eigenvalue weighted by molar-refractivity contribution is 0.143. The molecule has 0 amide bonds. The summed E-state index contributed by atoms with van der Waals surface area (Å²) in [6, 6.07) is 11.8. The van der Waals surface area contributed by atoms with E-state index in [0.717, 1.165) is 16.9 Å². The first-order chi connectivity index (χ1) is 10.1. The van der Waals surface area contributed by atoms with Crippen LogP contribution < -0.4 is 10.5 Å². The summed E-state index contributed by atoms with van der Waals surface area (Å²) in [5, 5.41) is 10.5. The average Bonchev–Trinajstić information content (AvgIpc) is 2.49. The van der Waals surface area contributed by atoms with Crippen LogP contribution >= 0.6 is 0 Å². The average molecular weight is 289 g/mol. The predicted molar refractivity (Wildman–Crippen MR) is 80.9 cm³/mol. The normalized spacial score (nSPS) is 13.8. The van der Waals surface area contributed by atoms with Gasteiger partial charge in [0.15, 0.2) is 0 Å². The smallest absolute Gasteiger partial charge is 0.129 e. The quantitative estimate of drug-likeness (QED) is 0.890. The number of aryl methyl sites for hydroxylation is 1. The first kappa shape index (κ1) is 15.5. The highest BCUT2D eigenvalue weighted by molar-refractivity contribution is 5.39. The van der Waals surface area contributed by atoms with E-state index in [0.29, 0.717) is 0 Å². The molecule has 21 heavy (non-hydrogen) atoms. The number of aliphatic hydroxyl groups is 1. The van der Waals surface area contributed by atoms with E-state index < -0.39 is 17.8 Å². The second-order valence-electron chi connectivity index (χ2n) is 5.04. The van der Waals surface area contributed by atoms with E-state index in [2.05, 4.69) is 0 Å². The van der Waals surface area contributed by atoms with Gasteiger partial charge < -0.3 is 15.6 Å². The van der Waals surface area contributed by atoms with Gasteiger partial charge in [-0.25, -0.2) is 4.39 Å². The highest BCUT2D eigenvalue weighted by Crippen LogP contribution is 2.33. The molecule has 0 bridgehead atoms. The second-order valence-corrected chi connectivity index (χ2v) is 5.04. The molecule has 2 aromatic rings. The Hall–Kier alpha value is -1.91. The van der Waals surface area contributed by atoms with E-state index in [4.69, 9.17) is 10.5 Å². The van der Waals surface area contributed by atoms with Gasteiger partial charge in [0, 0.05) is 18.0 Å². The number of aliphatic hydroxyl groups excluding tert-OH is 1. The van der Waals surface area contributed by atoms with Crippen LogP contribution in [0, 0.1) is 12.7 Å². The molecule has 3 N–H and O–H groups in total. The molecule has 2 unspecified atom stereocenters. The lowest BCUT2D eigenvalue weighted by atomic mass is 9.88. The molecule has 0 spiro atoms. The molecule has 112 valence electrons. The van der Waals surface area contributed by atoms with Crippen LogP contribution in [0.3, 0.4) is 0 Å². The van der Waals surface area contributed by atoms with Crippen LogP contribution in [0.15, 0.2) is 42.5 Å². The molecule has 0 aliphatic heterocycles. The van der Waals surface area contributed by atoms with E-state index in [1.807, 2.05) is 25.1 Å². The molecule has 3 nitrogen and oxygen atoms in total. The molecule has 2 rings (SSSR count). The van der Waals surface area contributed by atoms with Gasteiger partial charge in [0.05, 0.1) is 13.2 Å². The summed E-state index contributed by atoms with van der Waals surface area (Å²) < 4.78 is 19.1. The van der Waals surface area contributed by atoms with Gasteiger partial charge in [-0.05, 0) is 30.2 Å². The zero-order valence-corrected chi connectivity index (χ0v) is 12.2. The number of rotatable bonds is 5. The summed E-state index contributed by atoms with van der Waals surface area (Å²) in [6.45, 7) is 2.15. The van der Waals surface area contributed by atoms with Crippen molar-refractivity contribution in [2.75, 3.05) is 13.7 Å². The largest absolute Gasteiger partial charge is 0.496 e. The van der Waals surface area contributed by atoms with Gasteiger partial charge in [0.25, 0.3) is 0 Å². The van der Waals surface area contributed by atoms with Crippen LogP contribution in [-0.2, 0) is 0 Å². The van der Waals surface area contributed by atoms with Crippen molar-refractivity contribution >= 4 is 0 Å². The number of benzene rings is 2. The van der Waals surface area contributed by atoms with Crippen molar-refractivity contribution in [1.29, 1.82) is 0 Å². The lowest BCUT2D eigenvalue weighted by Gasteiger charge is -2.23. The SMILES string of the molecule is COc1cc(C(CN)C(O)c2ccccc2F)ccc1C. The van der Waals surface area contributed by atoms with Crippen molar-refractivity contribution in [2.24, 2.45) is 5.73 Å². The zero-order valence-electron chi connectivity index (χ0n) is 12.2. The van der Waals surface area contributed by atoms with Crippen LogP contribution in [-0.4, -0.2) is 18.8 Å². The molecule has 4 heteroatoms. The van der Waals surface area contributed by atoms with Crippen molar-refractivity contribution in [1.82, 2.24) is 0 Å². The minimum absolute atomic E-state index is 0.210. The van der Waals surface area contributed by atoms with E-state index in [9.17, 15) is 9.50 Å². The van der Waals surface area contributed by atoms with Crippen LogP contribution in [0.5, 0.6) is 5.75 Å². The van der Waals surface area contributed by atoms with Gasteiger partial charge in [-0.3, -0.25) is 0 Å². The first-order valence-corrected chi connectivity index (χ1v) is 6.85. The molecule has 0 radical (unpaired) electrons. The van der Waals surface area contributed by atoms with E-state index in [1.54, 1.807) is 25.3 Å². The van der Waals surface area contributed by atoms with Crippen molar-refractivity contribution in [2.45, 2.75) is 18.9 Å². The zero-order chi connectivity index (χ0) is 15.4. The van der Waals surface area contributed by atoms with Gasteiger partial charge >= 0.3 is 0 Å². The Morgan fingerprint density at radius 2 is 1.95 bits per heavy atom. The van der Waals surface area contributed by atoms with Crippen LogP contribution in [0.4, 0.5) is 4.39 Å². The van der Waals surface area contributed by atoms with Crippen molar-refractivity contribution in [3.05, 3.63) is 65.0 Å². The Kier molecular flexibility index (Phi) is 4.94. The summed E-state index contributed by atoms with van der Waals surface area (Å²) in [5.41, 5.74) is 7.88. The van der Waals surface area contributed by atoms with Gasteiger partial charge in [-0.2, -0.15) is 0 Å². The van der Waals surface area contributed by atoms with Crippen LogP contribution in [0.2, 0.25) is 0 Å². The van der Waals surface area contributed by atoms with Gasteiger partial charge in [-0.15, -0.1) is 0 Å². The third-order valence-corrected chi connectivity index (χ3v) is 3.72. The maximum absolute atomic E-state index is 13.8. The van der Waals surface area contributed by atoms with Crippen LogP contribution in [0.1, 0.15) is 28.7 Å². The Balaban J connectivity index is 2.37. The van der Waals surface area contributed by atoms with Gasteiger partial charge in [0.1, 0.15) is 11.6 Å². The highest BCUT2D eigenvalue weighted by Gasteiger charge is 2.24. The number of hydrogen-bond acceptors (Lipinski definition) is 3. The summed E-state index contributed by atoms with van der Waals surface area (Å²) in [7, 11) is 1.59. The Labute approximate surface area is 124 Å². The van der Waals surface area contributed by atoms with E-state index >= 15 is 0 Å². The molecule has 0 aromatic heterocycles. The minimum atomic E-state index is -0.997. The lowest BCUT2D eigenvalue weighted by Crippen LogP contribution is -2.21. The molecule has 0 heterocycles. The molecule has 0 aliphatic carbocycles. The summed E-state index contributed by atoms with van der Waals surface area (Å²) >= 11 is 0. The Morgan fingerprint density at radius 3 is 2.57 bits per heavy atom. The highest BCUT2D eigenvalue weighted by atomic mass is 19.1. The molecule has 0 fully saturated rings. The molecular weight excluding hydrogens is 269 g/mol. The fourth-order valence-electron chi connectivity index (χ4n) is 2.45. The maximum Gasteiger partial charge on any atom is 0.129 e. The van der Waals surface area contributed by atoms with Crippen molar-refractivity contribution in [3.63, 3.8) is 0 Å². The number of halogens is 1. The monoisotopic (exact) mass is 289 g/mol. The molecular formula is C17H20FNO2. The van der Waals surface area contributed by atoms with Crippen molar-refractivity contribution in [3.8, 4) is 5.75 Å². The van der Waals surface area contributed by atoms with Gasteiger partial charge in [-0.1, -0.05) is 30.3 Å². The van der Waals surface area contributed by atoms with Crippen molar-refractivity contribution < 1.29 is 14.2 Å². The standard InChI is InChI=1S/C17H20FNO2/c1-11-7-8-12(9-16(11)21-2)14(10-19)17(20)13-5-3-4-6-15(13)18/h3-9,14,17,20H,10,19H2,1-2H3. The van der Waals surface area contributed by atoms with Gasteiger partial charge in [0.2, 0.25) is 0 Å². The molecule has 2 aromatic carbocycles. The summed E-state index contributed by atoms with van der Waals surface area (Å²) in [4.78, 5) is 0. The first-order valence-electron chi connectivity index (χ1n) is 6.85. The van der Waals surface area contributed by atoms with Crippen LogP contribution in [0.25, 0.3) is 0 Å². The topological polar surface area (TPSA) is 55.5 Å². The predicted octanol–water partition coefficient (Wildman–Crippen LogP) is 2.92. The fourth-order valence-corrected chi connectivity index (χ4v) is 2.45.